The highest BCUT2D eigenvalue weighted by Crippen LogP contribution is 2.11. The van der Waals surface area contributed by atoms with Crippen LogP contribution in [0.3, 0.4) is 0 Å². The lowest BCUT2D eigenvalue weighted by Gasteiger charge is -2.10. The number of nitrogens with zero attached hydrogens (tertiary/aromatic N) is 4. The van der Waals surface area contributed by atoms with Crippen molar-refractivity contribution in [2.24, 2.45) is 4.99 Å². The molecule has 7 heteroatoms. The van der Waals surface area contributed by atoms with Crippen molar-refractivity contribution in [2.75, 3.05) is 13.6 Å². The zero-order valence-corrected chi connectivity index (χ0v) is 15.3. The Bertz CT molecular complexity index is 821. The molecule has 25 heavy (non-hydrogen) atoms. The van der Waals surface area contributed by atoms with Gasteiger partial charge in [0.2, 0.25) is 0 Å². The Morgan fingerprint density at radius 2 is 2.04 bits per heavy atom. The van der Waals surface area contributed by atoms with Crippen LogP contribution >= 0.6 is 11.3 Å². The van der Waals surface area contributed by atoms with E-state index in [0.717, 1.165) is 35.2 Å². The van der Waals surface area contributed by atoms with Crippen molar-refractivity contribution in [2.45, 2.75) is 19.9 Å². The predicted molar refractivity (Wildman–Crippen MR) is 102 cm³/mol. The predicted octanol–water partition coefficient (Wildman–Crippen LogP) is 2.54. The van der Waals surface area contributed by atoms with E-state index < -0.39 is 0 Å². The van der Waals surface area contributed by atoms with Gasteiger partial charge >= 0.3 is 0 Å². The number of aromatic nitrogens is 3. The first kappa shape index (κ1) is 17.2. The van der Waals surface area contributed by atoms with Crippen molar-refractivity contribution in [1.29, 1.82) is 0 Å². The van der Waals surface area contributed by atoms with E-state index in [1.165, 1.54) is 4.88 Å². The van der Waals surface area contributed by atoms with Crippen molar-refractivity contribution in [1.82, 2.24) is 25.4 Å². The number of rotatable bonds is 6. The van der Waals surface area contributed by atoms with E-state index in [9.17, 15) is 0 Å². The van der Waals surface area contributed by atoms with Gasteiger partial charge in [-0.2, -0.15) is 5.10 Å². The third-order valence-electron chi connectivity index (χ3n) is 3.64. The summed E-state index contributed by atoms with van der Waals surface area (Å²) in [6.07, 6.45) is 6.70. The highest BCUT2D eigenvalue weighted by atomic mass is 32.1. The Balaban J connectivity index is 1.47. The molecule has 0 unspecified atom stereocenters. The maximum absolute atomic E-state index is 4.40. The van der Waals surface area contributed by atoms with Crippen LogP contribution in [0, 0.1) is 6.92 Å². The molecule has 3 rings (SSSR count). The van der Waals surface area contributed by atoms with Crippen LogP contribution in [0.2, 0.25) is 0 Å². The quantitative estimate of drug-likeness (QED) is 0.527. The van der Waals surface area contributed by atoms with E-state index in [-0.39, 0.29) is 0 Å². The Kier molecular flexibility index (Phi) is 5.79. The molecule has 2 aromatic heterocycles. The summed E-state index contributed by atoms with van der Waals surface area (Å²) in [5, 5.41) is 12.2. The molecule has 1 aromatic carbocycles. The van der Waals surface area contributed by atoms with Gasteiger partial charge in [-0.1, -0.05) is 18.2 Å². The second-order valence-electron chi connectivity index (χ2n) is 5.60. The molecule has 0 bridgehead atoms. The summed E-state index contributed by atoms with van der Waals surface area (Å²) in [5.74, 6) is 0.778. The Hall–Kier alpha value is -2.67. The Morgan fingerprint density at radius 3 is 2.76 bits per heavy atom. The van der Waals surface area contributed by atoms with Crippen molar-refractivity contribution in [3.05, 3.63) is 64.4 Å². The summed E-state index contributed by atoms with van der Waals surface area (Å²) < 4.78 is 1.87. The average Bonchev–Trinajstić information content (AvgIpc) is 3.28. The molecule has 0 saturated heterocycles. The van der Waals surface area contributed by atoms with Gasteiger partial charge in [-0.3, -0.25) is 4.99 Å². The number of para-hydroxylation sites is 1. The molecule has 0 saturated carbocycles. The molecule has 0 aliphatic heterocycles. The summed E-state index contributed by atoms with van der Waals surface area (Å²) >= 11 is 1.74. The summed E-state index contributed by atoms with van der Waals surface area (Å²) in [7, 11) is 1.77. The first-order valence-electron chi connectivity index (χ1n) is 8.19. The lowest BCUT2D eigenvalue weighted by atomic mass is 10.3. The normalized spacial score (nSPS) is 11.5. The fourth-order valence-electron chi connectivity index (χ4n) is 2.38. The molecule has 3 aromatic rings. The van der Waals surface area contributed by atoms with Crippen LogP contribution in [0.25, 0.3) is 5.69 Å². The van der Waals surface area contributed by atoms with Gasteiger partial charge in [0.05, 0.1) is 16.9 Å². The van der Waals surface area contributed by atoms with E-state index >= 15 is 0 Å². The number of aliphatic imine (C=N–C) groups is 1. The zero-order valence-electron chi connectivity index (χ0n) is 14.4. The number of nitrogens with one attached hydrogen (secondary N) is 2. The fraction of sp³-hybridized carbons (Fsp3) is 0.278. The molecule has 0 aliphatic carbocycles. The lowest BCUT2D eigenvalue weighted by molar-refractivity contribution is 0.791. The molecule has 0 spiro atoms. The standard InChI is InChI=1S/C18H22N6S/c1-14-10-21-17(25-14)8-9-20-18(19-2)22-11-15-12-23-24(13-15)16-6-4-3-5-7-16/h3-7,10,12-13H,8-9,11H2,1-2H3,(H2,19,20,22). The van der Waals surface area contributed by atoms with E-state index in [1.54, 1.807) is 18.4 Å². The third-order valence-corrected chi connectivity index (χ3v) is 4.61. The van der Waals surface area contributed by atoms with Crippen LogP contribution in [0.5, 0.6) is 0 Å². The topological polar surface area (TPSA) is 67.1 Å². The molecule has 6 nitrogen and oxygen atoms in total. The number of thiazole rings is 1. The molecule has 130 valence electrons. The Labute approximate surface area is 151 Å². The molecular weight excluding hydrogens is 332 g/mol. The number of hydrogen-bond donors (Lipinski definition) is 2. The molecule has 2 N–H and O–H groups in total. The fourth-order valence-corrected chi connectivity index (χ4v) is 3.17. The summed E-state index contributed by atoms with van der Waals surface area (Å²) in [6, 6.07) is 10.1. The van der Waals surface area contributed by atoms with Gasteiger partial charge in [-0.15, -0.1) is 11.3 Å². The Morgan fingerprint density at radius 1 is 1.20 bits per heavy atom. The summed E-state index contributed by atoms with van der Waals surface area (Å²) in [4.78, 5) is 9.87. The zero-order chi connectivity index (χ0) is 17.5. The molecule has 0 fully saturated rings. The molecule has 0 aliphatic rings. The maximum atomic E-state index is 4.40. The van der Waals surface area contributed by atoms with Crippen LogP contribution in [-0.2, 0) is 13.0 Å². The molecule has 0 atom stereocenters. The minimum Gasteiger partial charge on any atom is -0.356 e. The van der Waals surface area contributed by atoms with Crippen LogP contribution in [0.4, 0.5) is 0 Å². The van der Waals surface area contributed by atoms with Gasteiger partial charge in [-0.25, -0.2) is 9.67 Å². The van der Waals surface area contributed by atoms with Crippen molar-refractivity contribution in [3.8, 4) is 5.69 Å². The van der Waals surface area contributed by atoms with Crippen LogP contribution < -0.4 is 10.6 Å². The van der Waals surface area contributed by atoms with Crippen molar-refractivity contribution in [3.63, 3.8) is 0 Å². The van der Waals surface area contributed by atoms with E-state index in [4.69, 9.17) is 0 Å². The van der Waals surface area contributed by atoms with Crippen LogP contribution in [-0.4, -0.2) is 34.3 Å². The number of benzene rings is 1. The smallest absolute Gasteiger partial charge is 0.191 e. The van der Waals surface area contributed by atoms with Crippen LogP contribution in [0.1, 0.15) is 15.4 Å². The first-order valence-corrected chi connectivity index (χ1v) is 9.01. The number of guanidine groups is 1. The second kappa shape index (κ2) is 8.43. The third kappa shape index (κ3) is 4.90. The van der Waals surface area contributed by atoms with E-state index in [1.807, 2.05) is 53.6 Å². The van der Waals surface area contributed by atoms with E-state index in [2.05, 4.69) is 32.6 Å². The van der Waals surface area contributed by atoms with Crippen LogP contribution in [0.15, 0.2) is 53.9 Å². The van der Waals surface area contributed by atoms with Gasteiger partial charge in [0.25, 0.3) is 0 Å². The van der Waals surface area contributed by atoms with Gasteiger partial charge in [0, 0.05) is 49.4 Å². The summed E-state index contributed by atoms with van der Waals surface area (Å²) in [6.45, 7) is 3.55. The first-order chi connectivity index (χ1) is 12.2. The highest BCUT2D eigenvalue weighted by molar-refractivity contribution is 7.11. The average molecular weight is 354 g/mol. The monoisotopic (exact) mass is 354 g/mol. The minimum absolute atomic E-state index is 0.670. The molecule has 2 heterocycles. The number of aryl methyl sites for hydroxylation is 1. The minimum atomic E-state index is 0.670. The van der Waals surface area contributed by atoms with Gasteiger partial charge < -0.3 is 10.6 Å². The van der Waals surface area contributed by atoms with Gasteiger partial charge in [-0.05, 0) is 19.1 Å². The largest absolute Gasteiger partial charge is 0.356 e. The van der Waals surface area contributed by atoms with E-state index in [0.29, 0.717) is 6.54 Å². The maximum Gasteiger partial charge on any atom is 0.191 e. The summed E-state index contributed by atoms with van der Waals surface area (Å²) in [5.41, 5.74) is 2.15. The second-order valence-corrected chi connectivity index (χ2v) is 6.92. The van der Waals surface area contributed by atoms with Gasteiger partial charge in [0.15, 0.2) is 5.96 Å². The molecular formula is C18H22N6S. The highest BCUT2D eigenvalue weighted by Gasteiger charge is 2.03. The lowest BCUT2D eigenvalue weighted by Crippen LogP contribution is -2.37. The number of hydrogen-bond acceptors (Lipinski definition) is 4. The van der Waals surface area contributed by atoms with Crippen molar-refractivity contribution >= 4 is 17.3 Å². The molecule has 0 amide bonds. The molecule has 0 radical (unpaired) electrons. The SMILES string of the molecule is CN=C(NCCc1ncc(C)s1)NCc1cnn(-c2ccccc2)c1. The van der Waals surface area contributed by atoms with Crippen molar-refractivity contribution < 1.29 is 0 Å². The van der Waals surface area contributed by atoms with Gasteiger partial charge in [0.1, 0.15) is 0 Å².